The summed E-state index contributed by atoms with van der Waals surface area (Å²) in [6.07, 6.45) is 1.12. The molecule has 0 bridgehead atoms. The van der Waals surface area contributed by atoms with E-state index in [2.05, 4.69) is 53.5 Å². The molecule has 0 fully saturated rings. The van der Waals surface area contributed by atoms with Crippen molar-refractivity contribution in [2.45, 2.75) is 33.2 Å². The number of aryl methyl sites for hydroxylation is 2. The van der Waals surface area contributed by atoms with E-state index in [4.69, 9.17) is 11.6 Å². The van der Waals surface area contributed by atoms with Gasteiger partial charge in [-0.3, -0.25) is 0 Å². The van der Waals surface area contributed by atoms with E-state index in [1.807, 2.05) is 11.3 Å². The van der Waals surface area contributed by atoms with Crippen LogP contribution in [0.25, 0.3) is 0 Å². The largest absolute Gasteiger partial charge is 0.305 e. The number of nitrogens with one attached hydrogen (secondary N) is 1. The molecule has 0 saturated heterocycles. The summed E-state index contributed by atoms with van der Waals surface area (Å²) in [5.74, 6) is 0. The molecule has 1 nitrogen and oxygen atoms in total. The molecule has 0 aromatic carbocycles. The molecule has 5 heteroatoms. The van der Waals surface area contributed by atoms with Crippen molar-refractivity contribution in [1.82, 2.24) is 5.32 Å². The van der Waals surface area contributed by atoms with Crippen molar-refractivity contribution in [3.8, 4) is 0 Å². The fourth-order valence-corrected chi connectivity index (χ4v) is 5.00. The second kappa shape index (κ2) is 6.72. The van der Waals surface area contributed by atoms with Crippen LogP contribution in [0, 0.1) is 13.8 Å². The lowest BCUT2D eigenvalue weighted by atomic mass is 10.1. The zero-order valence-corrected chi connectivity index (χ0v) is 15.2. The van der Waals surface area contributed by atoms with Gasteiger partial charge in [-0.25, -0.2) is 0 Å². The highest BCUT2D eigenvalue weighted by Crippen LogP contribution is 2.40. The number of thiophene rings is 2. The minimum Gasteiger partial charge on any atom is -0.305 e. The minimum atomic E-state index is 0.209. The van der Waals surface area contributed by atoms with Gasteiger partial charge in [0.25, 0.3) is 0 Å². The molecule has 1 atom stereocenters. The first kappa shape index (κ1) is 15.5. The molecular formula is C14H17BrClNS2. The summed E-state index contributed by atoms with van der Waals surface area (Å²) in [7, 11) is 0. The Morgan fingerprint density at radius 1 is 1.42 bits per heavy atom. The predicted molar refractivity (Wildman–Crippen MR) is 91.0 cm³/mol. The van der Waals surface area contributed by atoms with Crippen molar-refractivity contribution in [3.05, 3.63) is 41.1 Å². The molecule has 0 saturated carbocycles. The summed E-state index contributed by atoms with van der Waals surface area (Å²) < 4.78 is 1.18. The first-order valence-corrected chi connectivity index (χ1v) is 9.14. The molecule has 0 aliphatic carbocycles. The van der Waals surface area contributed by atoms with Crippen molar-refractivity contribution >= 4 is 50.2 Å². The van der Waals surface area contributed by atoms with Crippen molar-refractivity contribution < 1.29 is 0 Å². The number of hydrogen-bond acceptors (Lipinski definition) is 3. The Hall–Kier alpha value is 0.130. The van der Waals surface area contributed by atoms with E-state index in [-0.39, 0.29) is 6.04 Å². The van der Waals surface area contributed by atoms with Crippen LogP contribution in [0.2, 0.25) is 5.02 Å². The van der Waals surface area contributed by atoms with Crippen LogP contribution in [-0.4, -0.2) is 6.54 Å². The summed E-state index contributed by atoms with van der Waals surface area (Å²) in [5.41, 5.74) is 1.16. The van der Waals surface area contributed by atoms with E-state index in [0.29, 0.717) is 0 Å². The highest BCUT2D eigenvalue weighted by atomic mass is 79.9. The first-order chi connectivity index (χ1) is 9.04. The van der Waals surface area contributed by atoms with Crippen LogP contribution >= 0.6 is 50.2 Å². The van der Waals surface area contributed by atoms with Crippen LogP contribution < -0.4 is 5.32 Å². The molecule has 0 aliphatic rings. The molecule has 0 radical (unpaired) electrons. The molecule has 104 valence electrons. The Kier molecular flexibility index (Phi) is 5.49. The van der Waals surface area contributed by atoms with Crippen LogP contribution in [0.15, 0.2) is 15.9 Å². The Balaban J connectivity index is 2.38. The molecule has 0 aliphatic heterocycles. The quantitative estimate of drug-likeness (QED) is 0.679. The highest BCUT2D eigenvalue weighted by molar-refractivity contribution is 9.10. The van der Waals surface area contributed by atoms with Gasteiger partial charge in [0.05, 0.1) is 11.1 Å². The third-order valence-corrected chi connectivity index (χ3v) is 6.93. The summed E-state index contributed by atoms with van der Waals surface area (Å²) in [5, 5.41) is 6.65. The average Bonchev–Trinajstić information content (AvgIpc) is 2.87. The molecule has 2 rings (SSSR count). The van der Waals surface area contributed by atoms with Crippen molar-refractivity contribution in [3.63, 3.8) is 0 Å². The van der Waals surface area contributed by atoms with Gasteiger partial charge in [0.1, 0.15) is 0 Å². The third-order valence-electron chi connectivity index (χ3n) is 2.95. The van der Waals surface area contributed by atoms with E-state index in [1.165, 1.54) is 19.1 Å². The molecule has 2 aromatic rings. The van der Waals surface area contributed by atoms with Gasteiger partial charge in [-0.2, -0.15) is 0 Å². The maximum Gasteiger partial charge on any atom is 0.0780 e. The average molecular weight is 379 g/mol. The van der Waals surface area contributed by atoms with Crippen LogP contribution in [0.5, 0.6) is 0 Å². The summed E-state index contributed by atoms with van der Waals surface area (Å²) in [4.78, 5) is 3.85. The lowest BCUT2D eigenvalue weighted by Crippen LogP contribution is -2.21. The molecule has 2 heterocycles. The van der Waals surface area contributed by atoms with Crippen molar-refractivity contribution in [1.29, 1.82) is 0 Å². The van der Waals surface area contributed by atoms with Crippen molar-refractivity contribution in [2.75, 3.05) is 6.54 Å². The van der Waals surface area contributed by atoms with E-state index in [0.717, 1.165) is 23.6 Å². The van der Waals surface area contributed by atoms with Crippen molar-refractivity contribution in [2.24, 2.45) is 0 Å². The Bertz CT molecular complexity index is 542. The van der Waals surface area contributed by atoms with E-state index in [9.17, 15) is 0 Å². The zero-order chi connectivity index (χ0) is 14.0. The zero-order valence-electron chi connectivity index (χ0n) is 11.2. The molecular weight excluding hydrogens is 362 g/mol. The standard InChI is InChI=1S/C14H17BrClNS2/c1-4-5-17-13(11-6-10(15)9(3)19-11)14-12(16)8(2)7-18-14/h6-7,13,17H,4-5H2,1-3H3. The Labute approximate surface area is 136 Å². The number of rotatable bonds is 5. The summed E-state index contributed by atoms with van der Waals surface area (Å²) in [6, 6.07) is 2.42. The molecule has 1 unspecified atom stereocenters. The lowest BCUT2D eigenvalue weighted by Gasteiger charge is -2.16. The predicted octanol–water partition coefficient (Wildman–Crippen LogP) is 5.93. The van der Waals surface area contributed by atoms with Crippen LogP contribution in [0.1, 0.15) is 39.6 Å². The second-order valence-electron chi connectivity index (χ2n) is 4.54. The lowest BCUT2D eigenvalue weighted by molar-refractivity contribution is 0.613. The van der Waals surface area contributed by atoms with Gasteiger partial charge in [0.15, 0.2) is 0 Å². The third kappa shape index (κ3) is 3.42. The Morgan fingerprint density at radius 3 is 2.63 bits per heavy atom. The molecule has 0 spiro atoms. The fourth-order valence-electron chi connectivity index (χ4n) is 1.88. The van der Waals surface area contributed by atoms with Gasteiger partial charge in [-0.15, -0.1) is 22.7 Å². The highest BCUT2D eigenvalue weighted by Gasteiger charge is 2.21. The maximum atomic E-state index is 6.44. The van der Waals surface area contributed by atoms with Gasteiger partial charge in [0, 0.05) is 19.1 Å². The van der Waals surface area contributed by atoms with Crippen LogP contribution in [-0.2, 0) is 0 Å². The Morgan fingerprint density at radius 2 is 2.16 bits per heavy atom. The number of hydrogen-bond donors (Lipinski definition) is 1. The first-order valence-electron chi connectivity index (χ1n) is 6.27. The smallest absolute Gasteiger partial charge is 0.0780 e. The van der Waals surface area contributed by atoms with Gasteiger partial charge in [0.2, 0.25) is 0 Å². The summed E-state index contributed by atoms with van der Waals surface area (Å²) in [6.45, 7) is 7.37. The van der Waals surface area contributed by atoms with Crippen LogP contribution in [0.3, 0.4) is 0 Å². The van der Waals surface area contributed by atoms with E-state index < -0.39 is 0 Å². The van der Waals surface area contributed by atoms with Gasteiger partial charge in [-0.1, -0.05) is 18.5 Å². The minimum absolute atomic E-state index is 0.209. The fraction of sp³-hybridized carbons (Fsp3) is 0.429. The second-order valence-corrected chi connectivity index (χ2v) is 7.97. The summed E-state index contributed by atoms with van der Waals surface area (Å²) >= 11 is 13.6. The van der Waals surface area contributed by atoms with E-state index in [1.54, 1.807) is 11.3 Å². The normalized spacial score (nSPS) is 12.9. The van der Waals surface area contributed by atoms with Gasteiger partial charge >= 0.3 is 0 Å². The topological polar surface area (TPSA) is 12.0 Å². The molecule has 1 N–H and O–H groups in total. The van der Waals surface area contributed by atoms with Gasteiger partial charge < -0.3 is 5.32 Å². The molecule has 0 amide bonds. The SMILES string of the molecule is CCCNC(c1cc(Br)c(C)s1)c1scc(C)c1Cl. The molecule has 2 aromatic heterocycles. The van der Waals surface area contributed by atoms with E-state index >= 15 is 0 Å². The maximum absolute atomic E-state index is 6.44. The number of halogens is 2. The monoisotopic (exact) mass is 377 g/mol. The molecule has 19 heavy (non-hydrogen) atoms. The van der Waals surface area contributed by atoms with Gasteiger partial charge in [-0.05, 0) is 59.8 Å². The van der Waals surface area contributed by atoms with Crippen LogP contribution in [0.4, 0.5) is 0 Å².